The van der Waals surface area contributed by atoms with Crippen molar-refractivity contribution in [1.29, 1.82) is 0 Å². The molecule has 0 aliphatic heterocycles. The van der Waals surface area contributed by atoms with Crippen molar-refractivity contribution in [1.82, 2.24) is 4.98 Å². The Balaban J connectivity index is 3.61. The maximum Gasteiger partial charge on any atom is 0.573 e. The summed E-state index contributed by atoms with van der Waals surface area (Å²) in [7, 11) is 0.658. The van der Waals surface area contributed by atoms with Crippen LogP contribution < -0.4 is 10.3 Å². The van der Waals surface area contributed by atoms with Gasteiger partial charge in [0.1, 0.15) is 11.3 Å². The van der Waals surface area contributed by atoms with Crippen LogP contribution in [-0.2, 0) is 10.9 Å². The molecule has 1 N–H and O–H groups in total. The number of hydrogen-bond acceptors (Lipinski definition) is 4. The Morgan fingerprint density at radius 2 is 1.75 bits per heavy atom. The zero-order chi connectivity index (χ0) is 15.7. The molecule has 20 heavy (non-hydrogen) atoms. The van der Waals surface area contributed by atoms with Crippen LogP contribution in [0.15, 0.2) is 10.9 Å². The van der Waals surface area contributed by atoms with E-state index in [1.54, 1.807) is 0 Å². The van der Waals surface area contributed by atoms with Crippen molar-refractivity contribution < 1.29 is 40.6 Å². The maximum atomic E-state index is 12.6. The van der Waals surface area contributed by atoms with Crippen LogP contribution in [0.1, 0.15) is 16.1 Å². The lowest BCUT2D eigenvalue weighted by molar-refractivity contribution is -0.275. The fourth-order valence-electron chi connectivity index (χ4n) is 1.26. The van der Waals surface area contributed by atoms with Crippen LogP contribution in [0.25, 0.3) is 0 Å². The van der Waals surface area contributed by atoms with E-state index in [0.717, 1.165) is 0 Å². The van der Waals surface area contributed by atoms with Gasteiger partial charge in [0.15, 0.2) is 5.75 Å². The number of esters is 1. The molecule has 0 bridgehead atoms. The zero-order valence-corrected chi connectivity index (χ0v) is 9.48. The molecule has 0 fully saturated rings. The van der Waals surface area contributed by atoms with E-state index in [-0.39, 0.29) is 6.07 Å². The van der Waals surface area contributed by atoms with Crippen molar-refractivity contribution in [2.45, 2.75) is 12.5 Å². The smallest absolute Gasteiger partial charge is 0.465 e. The summed E-state index contributed by atoms with van der Waals surface area (Å²) in [6, 6.07) is 0.0645. The number of halogens is 6. The second kappa shape index (κ2) is 5.06. The van der Waals surface area contributed by atoms with Gasteiger partial charge in [-0.1, -0.05) is 0 Å². The highest BCUT2D eigenvalue weighted by Crippen LogP contribution is 2.35. The second-order valence-electron chi connectivity index (χ2n) is 3.28. The molecule has 5 nitrogen and oxygen atoms in total. The average molecular weight is 305 g/mol. The summed E-state index contributed by atoms with van der Waals surface area (Å²) in [5, 5.41) is 0. The Hall–Kier alpha value is -2.20. The molecule has 0 aliphatic rings. The summed E-state index contributed by atoms with van der Waals surface area (Å²) in [6.07, 6.45) is -10.7. The molecule has 1 aromatic heterocycles. The van der Waals surface area contributed by atoms with Gasteiger partial charge in [0.2, 0.25) is 0 Å². The van der Waals surface area contributed by atoms with Crippen molar-refractivity contribution in [2.24, 2.45) is 0 Å². The molecule has 0 saturated heterocycles. The van der Waals surface area contributed by atoms with E-state index in [4.69, 9.17) is 0 Å². The predicted molar refractivity (Wildman–Crippen MR) is 50.1 cm³/mol. The van der Waals surface area contributed by atoms with Crippen molar-refractivity contribution in [2.75, 3.05) is 7.11 Å². The highest BCUT2D eigenvalue weighted by atomic mass is 19.4. The molecule has 0 saturated carbocycles. The highest BCUT2D eigenvalue weighted by molar-refractivity contribution is 5.93. The minimum absolute atomic E-state index is 0.0645. The number of nitrogens with one attached hydrogen (secondary N) is 1. The number of alkyl halides is 6. The summed E-state index contributed by atoms with van der Waals surface area (Å²) in [5.74, 6) is -3.34. The maximum absolute atomic E-state index is 12.6. The largest absolute Gasteiger partial charge is 0.573 e. The number of rotatable bonds is 2. The SMILES string of the molecule is COC(=O)c1c(OC(F)(F)F)cc(=O)[nH]c1C(F)(F)F. The molecule has 0 spiro atoms. The standard InChI is InChI=1S/C9H5F6NO4/c1-19-7(18)5-3(20-9(13,14)15)2-4(17)16-6(5)8(10,11)12/h2H,1H3,(H,16,17). The molecule has 11 heteroatoms. The molecule has 1 rings (SSSR count). The predicted octanol–water partition coefficient (Wildman–Crippen LogP) is 2.08. The Morgan fingerprint density at radius 1 is 1.20 bits per heavy atom. The van der Waals surface area contributed by atoms with E-state index in [1.807, 2.05) is 0 Å². The van der Waals surface area contributed by atoms with Gasteiger partial charge < -0.3 is 14.5 Å². The van der Waals surface area contributed by atoms with E-state index in [1.165, 1.54) is 4.98 Å². The number of aromatic amines is 1. The summed E-state index contributed by atoms with van der Waals surface area (Å²) in [6.45, 7) is 0. The number of ether oxygens (including phenoxy) is 2. The summed E-state index contributed by atoms with van der Waals surface area (Å²) in [5.41, 5.74) is -5.09. The van der Waals surface area contributed by atoms with Crippen LogP contribution >= 0.6 is 0 Å². The van der Waals surface area contributed by atoms with Crippen molar-refractivity contribution in [3.63, 3.8) is 0 Å². The summed E-state index contributed by atoms with van der Waals surface area (Å²) >= 11 is 0. The lowest BCUT2D eigenvalue weighted by Gasteiger charge is -2.16. The van der Waals surface area contributed by atoms with Crippen molar-refractivity contribution >= 4 is 5.97 Å². The first-order valence-corrected chi connectivity index (χ1v) is 4.64. The van der Waals surface area contributed by atoms with Gasteiger partial charge in [-0.15, -0.1) is 13.2 Å². The van der Waals surface area contributed by atoms with Crippen molar-refractivity contribution in [3.05, 3.63) is 27.7 Å². The topological polar surface area (TPSA) is 68.4 Å². The first-order chi connectivity index (χ1) is 8.95. The summed E-state index contributed by atoms with van der Waals surface area (Å²) in [4.78, 5) is 23.4. The van der Waals surface area contributed by atoms with Gasteiger partial charge >= 0.3 is 18.5 Å². The van der Waals surface area contributed by atoms with Gasteiger partial charge in [0.25, 0.3) is 5.56 Å². The van der Waals surface area contributed by atoms with Crippen LogP contribution in [0.5, 0.6) is 5.75 Å². The van der Waals surface area contributed by atoms with E-state index in [0.29, 0.717) is 7.11 Å². The fourth-order valence-corrected chi connectivity index (χ4v) is 1.26. The number of H-pyrrole nitrogens is 1. The van der Waals surface area contributed by atoms with Gasteiger partial charge in [0.05, 0.1) is 7.11 Å². The molecule has 0 atom stereocenters. The van der Waals surface area contributed by atoms with Gasteiger partial charge in [-0.05, 0) is 0 Å². The Morgan fingerprint density at radius 3 is 2.15 bits per heavy atom. The molecule has 0 aromatic carbocycles. The minimum Gasteiger partial charge on any atom is -0.465 e. The zero-order valence-electron chi connectivity index (χ0n) is 9.48. The van der Waals surface area contributed by atoms with Crippen LogP contribution in [-0.4, -0.2) is 24.4 Å². The normalized spacial score (nSPS) is 12.2. The third-order valence-electron chi connectivity index (χ3n) is 1.91. The fraction of sp³-hybridized carbons (Fsp3) is 0.333. The molecule has 0 aliphatic carbocycles. The Kier molecular flexibility index (Phi) is 4.01. The molecule has 0 amide bonds. The first-order valence-electron chi connectivity index (χ1n) is 4.64. The molecule has 1 aromatic rings. The van der Waals surface area contributed by atoms with Gasteiger partial charge in [-0.2, -0.15) is 13.2 Å². The second-order valence-corrected chi connectivity index (χ2v) is 3.28. The number of pyridine rings is 1. The number of methoxy groups -OCH3 is 1. The van der Waals surface area contributed by atoms with Gasteiger partial charge in [-0.3, -0.25) is 4.79 Å². The van der Waals surface area contributed by atoms with Crippen LogP contribution in [0, 0.1) is 0 Å². The van der Waals surface area contributed by atoms with Crippen LogP contribution in [0.3, 0.4) is 0 Å². The first kappa shape index (κ1) is 15.9. The third kappa shape index (κ3) is 3.65. The number of carbonyl (C=O) groups excluding carboxylic acids is 1. The lowest BCUT2D eigenvalue weighted by Crippen LogP contribution is -2.26. The van der Waals surface area contributed by atoms with Crippen molar-refractivity contribution in [3.8, 4) is 5.75 Å². The molecule has 0 radical (unpaired) electrons. The molecular weight excluding hydrogens is 300 g/mol. The highest BCUT2D eigenvalue weighted by Gasteiger charge is 2.41. The van der Waals surface area contributed by atoms with E-state index < -0.39 is 41.1 Å². The number of aromatic nitrogens is 1. The third-order valence-corrected chi connectivity index (χ3v) is 1.91. The van der Waals surface area contributed by atoms with Gasteiger partial charge in [-0.25, -0.2) is 4.79 Å². The van der Waals surface area contributed by atoms with Gasteiger partial charge in [0, 0.05) is 6.07 Å². The van der Waals surface area contributed by atoms with E-state index >= 15 is 0 Å². The average Bonchev–Trinajstić information content (AvgIpc) is 2.23. The Labute approximate surface area is 106 Å². The summed E-state index contributed by atoms with van der Waals surface area (Å²) < 4.78 is 81.3. The van der Waals surface area contributed by atoms with E-state index in [9.17, 15) is 35.9 Å². The van der Waals surface area contributed by atoms with Crippen LogP contribution in [0.2, 0.25) is 0 Å². The lowest BCUT2D eigenvalue weighted by atomic mass is 10.1. The molecular formula is C9H5F6NO4. The molecule has 1 heterocycles. The Bertz CT molecular complexity index is 573. The van der Waals surface area contributed by atoms with Crippen LogP contribution in [0.4, 0.5) is 26.3 Å². The van der Waals surface area contributed by atoms with E-state index in [2.05, 4.69) is 9.47 Å². The minimum atomic E-state index is -5.39. The molecule has 112 valence electrons. The number of carbonyl (C=O) groups is 1. The molecule has 0 unspecified atom stereocenters. The monoisotopic (exact) mass is 305 g/mol. The number of hydrogen-bond donors (Lipinski definition) is 1. The quantitative estimate of drug-likeness (QED) is 0.671.